The van der Waals surface area contributed by atoms with E-state index in [1.165, 1.54) is 38.8 Å². The van der Waals surface area contributed by atoms with Crippen LogP contribution in [0.5, 0.6) is 0 Å². The smallest absolute Gasteiger partial charge is 0.157 e. The highest BCUT2D eigenvalue weighted by Gasteiger charge is 2.48. The molecule has 1 aromatic rings. The summed E-state index contributed by atoms with van der Waals surface area (Å²) in [6.07, 6.45) is 6.10. The standard InChI is InChI=1S/C12H18N2O.ClH/c1-2-10-9-11(15-13-10)12-5-3-7-14(12)8-4-6-12;/h9H,2-8H2,1H3;1H. The van der Waals surface area contributed by atoms with Gasteiger partial charge in [-0.3, -0.25) is 4.90 Å². The molecule has 2 saturated heterocycles. The van der Waals surface area contributed by atoms with Crippen molar-refractivity contribution in [2.45, 2.75) is 44.6 Å². The average Bonchev–Trinajstić information content (AvgIpc) is 2.91. The van der Waals surface area contributed by atoms with E-state index in [4.69, 9.17) is 4.52 Å². The van der Waals surface area contributed by atoms with Gasteiger partial charge in [-0.25, -0.2) is 0 Å². The molecule has 16 heavy (non-hydrogen) atoms. The number of aromatic nitrogens is 1. The predicted octanol–water partition coefficient (Wildman–Crippen LogP) is 2.74. The highest BCUT2D eigenvalue weighted by molar-refractivity contribution is 5.85. The first-order valence-electron chi connectivity index (χ1n) is 6.06. The van der Waals surface area contributed by atoms with Gasteiger partial charge in [0.1, 0.15) is 0 Å². The summed E-state index contributed by atoms with van der Waals surface area (Å²) in [7, 11) is 0. The molecule has 0 bridgehead atoms. The fourth-order valence-electron chi connectivity index (χ4n) is 3.21. The SMILES string of the molecule is CCc1cc(C23CCCN2CCC3)on1.Cl. The molecule has 4 heteroatoms. The maximum absolute atomic E-state index is 5.55. The van der Waals surface area contributed by atoms with Crippen molar-refractivity contribution in [3.63, 3.8) is 0 Å². The summed E-state index contributed by atoms with van der Waals surface area (Å²) in [6, 6.07) is 2.17. The summed E-state index contributed by atoms with van der Waals surface area (Å²) >= 11 is 0. The molecule has 0 aliphatic carbocycles. The van der Waals surface area contributed by atoms with Crippen LogP contribution in [0.15, 0.2) is 10.6 Å². The molecule has 0 amide bonds. The highest BCUT2D eigenvalue weighted by atomic mass is 35.5. The molecule has 0 radical (unpaired) electrons. The number of hydrogen-bond donors (Lipinski definition) is 0. The summed E-state index contributed by atoms with van der Waals surface area (Å²) in [6.45, 7) is 4.60. The van der Waals surface area contributed by atoms with Gasteiger partial charge in [-0.1, -0.05) is 12.1 Å². The molecule has 0 atom stereocenters. The molecule has 0 unspecified atom stereocenters. The highest BCUT2D eigenvalue weighted by Crippen LogP contribution is 2.46. The Morgan fingerprint density at radius 2 is 2.06 bits per heavy atom. The molecule has 3 nitrogen and oxygen atoms in total. The van der Waals surface area contributed by atoms with Crippen LogP contribution in [0.2, 0.25) is 0 Å². The average molecular weight is 243 g/mol. The van der Waals surface area contributed by atoms with Crippen LogP contribution in [0.1, 0.15) is 44.1 Å². The van der Waals surface area contributed by atoms with Crippen molar-refractivity contribution >= 4 is 12.4 Å². The molecule has 3 rings (SSSR count). The number of halogens is 1. The third-order valence-corrected chi connectivity index (χ3v) is 4.02. The maximum atomic E-state index is 5.55. The molecular formula is C12H19ClN2O. The minimum Gasteiger partial charge on any atom is -0.359 e. The van der Waals surface area contributed by atoms with E-state index in [0.717, 1.165) is 17.9 Å². The van der Waals surface area contributed by atoms with E-state index in [9.17, 15) is 0 Å². The van der Waals surface area contributed by atoms with Gasteiger partial charge < -0.3 is 4.52 Å². The second-order valence-electron chi connectivity index (χ2n) is 4.76. The number of aryl methyl sites for hydroxylation is 1. The van der Waals surface area contributed by atoms with Crippen LogP contribution in [-0.4, -0.2) is 23.1 Å². The Bertz CT molecular complexity index is 354. The first-order valence-corrected chi connectivity index (χ1v) is 6.06. The zero-order valence-corrected chi connectivity index (χ0v) is 10.6. The van der Waals surface area contributed by atoms with Crippen molar-refractivity contribution in [3.05, 3.63) is 17.5 Å². The Labute approximate surface area is 103 Å². The van der Waals surface area contributed by atoms with E-state index in [-0.39, 0.29) is 17.9 Å². The fraction of sp³-hybridized carbons (Fsp3) is 0.750. The molecule has 2 fully saturated rings. The van der Waals surface area contributed by atoms with Crippen LogP contribution in [0.25, 0.3) is 0 Å². The summed E-state index contributed by atoms with van der Waals surface area (Å²) in [4.78, 5) is 2.59. The van der Waals surface area contributed by atoms with Gasteiger partial charge in [0.15, 0.2) is 5.76 Å². The second kappa shape index (κ2) is 4.38. The predicted molar refractivity (Wildman–Crippen MR) is 64.8 cm³/mol. The van der Waals surface area contributed by atoms with E-state index in [2.05, 4.69) is 23.0 Å². The molecule has 3 heterocycles. The van der Waals surface area contributed by atoms with E-state index in [1.807, 2.05) is 0 Å². The third kappa shape index (κ3) is 1.57. The van der Waals surface area contributed by atoms with E-state index >= 15 is 0 Å². The van der Waals surface area contributed by atoms with Crippen LogP contribution in [0.3, 0.4) is 0 Å². The zero-order valence-electron chi connectivity index (χ0n) is 9.74. The second-order valence-corrected chi connectivity index (χ2v) is 4.76. The van der Waals surface area contributed by atoms with Crippen LogP contribution in [-0.2, 0) is 12.0 Å². The lowest BCUT2D eigenvalue weighted by Crippen LogP contribution is -2.34. The fourth-order valence-corrected chi connectivity index (χ4v) is 3.21. The monoisotopic (exact) mass is 242 g/mol. The van der Waals surface area contributed by atoms with Crippen molar-refractivity contribution in [2.24, 2.45) is 0 Å². The van der Waals surface area contributed by atoms with Gasteiger partial charge in [0.05, 0.1) is 11.2 Å². The Balaban J connectivity index is 0.000000963. The Morgan fingerprint density at radius 1 is 1.38 bits per heavy atom. The first kappa shape index (κ1) is 11.9. The minimum absolute atomic E-state index is 0. The van der Waals surface area contributed by atoms with E-state index < -0.39 is 0 Å². The van der Waals surface area contributed by atoms with Crippen molar-refractivity contribution < 1.29 is 4.52 Å². The van der Waals surface area contributed by atoms with Crippen LogP contribution < -0.4 is 0 Å². The van der Waals surface area contributed by atoms with Crippen molar-refractivity contribution in [1.29, 1.82) is 0 Å². The first-order chi connectivity index (χ1) is 7.35. The molecule has 0 N–H and O–H groups in total. The molecule has 0 aromatic carbocycles. The van der Waals surface area contributed by atoms with Crippen molar-refractivity contribution in [1.82, 2.24) is 10.1 Å². The van der Waals surface area contributed by atoms with Crippen LogP contribution >= 0.6 is 12.4 Å². The topological polar surface area (TPSA) is 29.3 Å². The quantitative estimate of drug-likeness (QED) is 0.799. The zero-order chi connectivity index (χ0) is 10.3. The lowest BCUT2D eigenvalue weighted by Gasteiger charge is -2.28. The molecule has 0 spiro atoms. The van der Waals surface area contributed by atoms with Gasteiger partial charge in [0.25, 0.3) is 0 Å². The third-order valence-electron chi connectivity index (χ3n) is 4.02. The molecule has 1 aromatic heterocycles. The van der Waals surface area contributed by atoms with E-state index in [1.54, 1.807) is 0 Å². The van der Waals surface area contributed by atoms with Gasteiger partial charge in [-0.15, -0.1) is 12.4 Å². The molecule has 90 valence electrons. The Morgan fingerprint density at radius 3 is 2.62 bits per heavy atom. The molecular weight excluding hydrogens is 224 g/mol. The van der Waals surface area contributed by atoms with Gasteiger partial charge >= 0.3 is 0 Å². The summed E-state index contributed by atoms with van der Waals surface area (Å²) in [5, 5.41) is 4.13. The number of nitrogens with zero attached hydrogens (tertiary/aromatic N) is 2. The van der Waals surface area contributed by atoms with E-state index in [0.29, 0.717) is 0 Å². The van der Waals surface area contributed by atoms with Crippen molar-refractivity contribution in [2.75, 3.05) is 13.1 Å². The van der Waals surface area contributed by atoms with Gasteiger partial charge in [0.2, 0.25) is 0 Å². The van der Waals surface area contributed by atoms with Gasteiger partial charge in [-0.2, -0.15) is 0 Å². The molecule has 0 saturated carbocycles. The Kier molecular flexibility index (Phi) is 3.27. The van der Waals surface area contributed by atoms with Crippen LogP contribution in [0.4, 0.5) is 0 Å². The summed E-state index contributed by atoms with van der Waals surface area (Å²) in [5.74, 6) is 1.12. The lowest BCUT2D eigenvalue weighted by molar-refractivity contribution is 0.150. The summed E-state index contributed by atoms with van der Waals surface area (Å²) < 4.78 is 5.55. The van der Waals surface area contributed by atoms with Crippen molar-refractivity contribution in [3.8, 4) is 0 Å². The summed E-state index contributed by atoms with van der Waals surface area (Å²) in [5.41, 5.74) is 1.32. The largest absolute Gasteiger partial charge is 0.359 e. The van der Waals surface area contributed by atoms with Crippen LogP contribution in [0, 0.1) is 0 Å². The lowest BCUT2D eigenvalue weighted by atomic mass is 9.91. The molecule has 2 aliphatic heterocycles. The number of rotatable bonds is 2. The number of hydrogen-bond acceptors (Lipinski definition) is 3. The maximum Gasteiger partial charge on any atom is 0.157 e. The number of fused-ring (bicyclic) bond motifs is 1. The Hall–Kier alpha value is -0.540. The van der Waals surface area contributed by atoms with Gasteiger partial charge in [0, 0.05) is 6.07 Å². The van der Waals surface area contributed by atoms with Gasteiger partial charge in [-0.05, 0) is 45.2 Å². The normalized spacial score (nSPS) is 23.1. The molecule has 2 aliphatic rings. The minimum atomic E-state index is 0.